The second kappa shape index (κ2) is 3.49. The maximum atomic E-state index is 11.6. The second-order valence-electron chi connectivity index (χ2n) is 4.80. The molecule has 0 aromatic heterocycles. The molecule has 0 radical (unpaired) electrons. The molecule has 72 valence electrons. The molecule has 1 aliphatic carbocycles. The summed E-state index contributed by atoms with van der Waals surface area (Å²) in [6.07, 6.45) is 4.62. The highest BCUT2D eigenvalue weighted by atomic mass is 16.1. The van der Waals surface area contributed by atoms with Gasteiger partial charge in [-0.15, -0.1) is 0 Å². The van der Waals surface area contributed by atoms with Gasteiger partial charge in [0.2, 0.25) is 0 Å². The molecule has 0 aromatic carbocycles. The SMILES string of the molecule is C=C1C/C(C)=C\CC(C)(C)CC1=O. The standard InChI is InChI=1S/C12H18O/c1-9-5-6-12(3,4)8-11(13)10(2)7-9/h5H,2,6-8H2,1,3-4H3/b9-5-. The average Bonchev–Trinajstić information content (AvgIpc) is 1.99. The summed E-state index contributed by atoms with van der Waals surface area (Å²) in [5, 5.41) is 0. The van der Waals surface area contributed by atoms with Crippen LogP contribution in [-0.2, 0) is 4.79 Å². The fourth-order valence-electron chi connectivity index (χ4n) is 1.59. The van der Waals surface area contributed by atoms with Gasteiger partial charge in [-0.3, -0.25) is 4.79 Å². The molecule has 0 heterocycles. The van der Waals surface area contributed by atoms with Crippen LogP contribution in [0.5, 0.6) is 0 Å². The van der Waals surface area contributed by atoms with E-state index in [1.807, 2.05) is 0 Å². The third-order valence-electron chi connectivity index (χ3n) is 2.53. The summed E-state index contributed by atoms with van der Waals surface area (Å²) in [6.45, 7) is 10.2. The van der Waals surface area contributed by atoms with Gasteiger partial charge in [0.15, 0.2) is 5.78 Å². The summed E-state index contributed by atoms with van der Waals surface area (Å²) < 4.78 is 0. The molecule has 0 saturated carbocycles. The molecule has 1 heteroatoms. The number of allylic oxidation sites excluding steroid dienone is 3. The molecule has 0 bridgehead atoms. The first-order chi connectivity index (χ1) is 5.91. The molecule has 13 heavy (non-hydrogen) atoms. The normalized spacial score (nSPS) is 27.5. The number of Topliss-reactive ketones (excluding diaryl/α,β-unsaturated/α-hetero) is 1. The van der Waals surface area contributed by atoms with Crippen molar-refractivity contribution in [1.29, 1.82) is 0 Å². The van der Waals surface area contributed by atoms with Crippen LogP contribution in [0.15, 0.2) is 23.8 Å². The van der Waals surface area contributed by atoms with Gasteiger partial charge in [-0.05, 0) is 30.8 Å². The van der Waals surface area contributed by atoms with Crippen LogP contribution in [0.4, 0.5) is 0 Å². The Morgan fingerprint density at radius 1 is 1.46 bits per heavy atom. The molecule has 0 fully saturated rings. The van der Waals surface area contributed by atoms with Crippen molar-refractivity contribution in [3.63, 3.8) is 0 Å². The van der Waals surface area contributed by atoms with Crippen LogP contribution in [0.1, 0.15) is 40.0 Å². The molecular weight excluding hydrogens is 160 g/mol. The van der Waals surface area contributed by atoms with Gasteiger partial charge in [-0.25, -0.2) is 0 Å². The molecule has 0 aromatic rings. The van der Waals surface area contributed by atoms with E-state index in [-0.39, 0.29) is 11.2 Å². The minimum Gasteiger partial charge on any atom is -0.295 e. The number of hydrogen-bond donors (Lipinski definition) is 0. The summed E-state index contributed by atoms with van der Waals surface area (Å²) >= 11 is 0. The van der Waals surface area contributed by atoms with E-state index < -0.39 is 0 Å². The van der Waals surface area contributed by atoms with Crippen molar-refractivity contribution in [1.82, 2.24) is 0 Å². The van der Waals surface area contributed by atoms with Crippen molar-refractivity contribution in [2.45, 2.75) is 40.0 Å². The second-order valence-corrected chi connectivity index (χ2v) is 4.80. The van der Waals surface area contributed by atoms with Crippen molar-refractivity contribution in [2.75, 3.05) is 0 Å². The Morgan fingerprint density at radius 3 is 2.69 bits per heavy atom. The van der Waals surface area contributed by atoms with Crippen LogP contribution in [0.2, 0.25) is 0 Å². The van der Waals surface area contributed by atoms with E-state index in [0.29, 0.717) is 6.42 Å². The monoisotopic (exact) mass is 178 g/mol. The van der Waals surface area contributed by atoms with Crippen molar-refractivity contribution in [3.8, 4) is 0 Å². The summed E-state index contributed by atoms with van der Waals surface area (Å²) in [4.78, 5) is 11.6. The number of carbonyl (C=O) groups is 1. The lowest BCUT2D eigenvalue weighted by molar-refractivity contribution is -0.117. The minimum absolute atomic E-state index is 0.0989. The summed E-state index contributed by atoms with van der Waals surface area (Å²) in [5.41, 5.74) is 2.13. The highest BCUT2D eigenvalue weighted by molar-refractivity contribution is 5.95. The van der Waals surface area contributed by atoms with E-state index in [1.165, 1.54) is 5.57 Å². The largest absolute Gasteiger partial charge is 0.295 e. The molecule has 0 spiro atoms. The van der Waals surface area contributed by atoms with Crippen molar-refractivity contribution >= 4 is 5.78 Å². The number of rotatable bonds is 0. The van der Waals surface area contributed by atoms with Crippen LogP contribution >= 0.6 is 0 Å². The molecule has 0 N–H and O–H groups in total. The van der Waals surface area contributed by atoms with Gasteiger partial charge in [0.1, 0.15) is 0 Å². The molecular formula is C12H18O. The molecule has 1 nitrogen and oxygen atoms in total. The van der Waals surface area contributed by atoms with Gasteiger partial charge < -0.3 is 0 Å². The van der Waals surface area contributed by atoms with Crippen LogP contribution < -0.4 is 0 Å². The Bertz CT molecular complexity index is 269. The lowest BCUT2D eigenvalue weighted by Crippen LogP contribution is -2.19. The Balaban J connectivity index is 2.89. The summed E-state index contributed by atoms with van der Waals surface area (Å²) in [7, 11) is 0. The van der Waals surface area contributed by atoms with Crippen molar-refractivity contribution < 1.29 is 4.79 Å². The maximum absolute atomic E-state index is 11.6. The highest BCUT2D eigenvalue weighted by Gasteiger charge is 2.24. The van der Waals surface area contributed by atoms with Gasteiger partial charge in [-0.1, -0.05) is 32.1 Å². The van der Waals surface area contributed by atoms with Gasteiger partial charge in [0.05, 0.1) is 0 Å². The Labute approximate surface area is 80.5 Å². The molecule has 0 saturated heterocycles. The Kier molecular flexibility index (Phi) is 2.74. The van der Waals surface area contributed by atoms with E-state index in [1.54, 1.807) is 0 Å². The third kappa shape index (κ3) is 2.83. The average molecular weight is 178 g/mol. The first kappa shape index (κ1) is 10.2. The van der Waals surface area contributed by atoms with E-state index >= 15 is 0 Å². The lowest BCUT2D eigenvalue weighted by atomic mass is 9.79. The molecule has 1 rings (SSSR count). The van der Waals surface area contributed by atoms with Gasteiger partial charge in [-0.2, -0.15) is 0 Å². The molecule has 1 aliphatic rings. The van der Waals surface area contributed by atoms with E-state index in [0.717, 1.165) is 18.4 Å². The zero-order valence-electron chi connectivity index (χ0n) is 8.81. The smallest absolute Gasteiger partial charge is 0.159 e. The predicted molar refractivity (Wildman–Crippen MR) is 55.5 cm³/mol. The number of carbonyl (C=O) groups excluding carboxylic acids is 1. The van der Waals surface area contributed by atoms with Gasteiger partial charge in [0, 0.05) is 6.42 Å². The molecule has 0 unspecified atom stereocenters. The molecule has 0 atom stereocenters. The molecule has 0 amide bonds. The van der Waals surface area contributed by atoms with Crippen LogP contribution in [0.25, 0.3) is 0 Å². The summed E-state index contributed by atoms with van der Waals surface area (Å²) in [6, 6.07) is 0. The summed E-state index contributed by atoms with van der Waals surface area (Å²) in [5.74, 6) is 0.234. The Hall–Kier alpha value is -0.850. The quantitative estimate of drug-likeness (QED) is 0.411. The topological polar surface area (TPSA) is 17.1 Å². The first-order valence-corrected chi connectivity index (χ1v) is 4.77. The van der Waals surface area contributed by atoms with Crippen LogP contribution in [0.3, 0.4) is 0 Å². The first-order valence-electron chi connectivity index (χ1n) is 4.77. The zero-order chi connectivity index (χ0) is 10.1. The Morgan fingerprint density at radius 2 is 2.08 bits per heavy atom. The highest BCUT2D eigenvalue weighted by Crippen LogP contribution is 2.31. The molecule has 0 aliphatic heterocycles. The fraction of sp³-hybridized carbons (Fsp3) is 0.583. The number of ketones is 1. The third-order valence-corrected chi connectivity index (χ3v) is 2.53. The van der Waals surface area contributed by atoms with Crippen molar-refractivity contribution in [2.24, 2.45) is 5.41 Å². The van der Waals surface area contributed by atoms with Gasteiger partial charge >= 0.3 is 0 Å². The van der Waals surface area contributed by atoms with E-state index in [2.05, 4.69) is 33.4 Å². The van der Waals surface area contributed by atoms with Crippen molar-refractivity contribution in [3.05, 3.63) is 23.8 Å². The predicted octanol–water partition coefficient (Wildman–Crippen LogP) is 3.27. The lowest BCUT2D eigenvalue weighted by Gasteiger charge is -2.25. The van der Waals surface area contributed by atoms with Crippen LogP contribution in [0, 0.1) is 5.41 Å². The zero-order valence-corrected chi connectivity index (χ0v) is 8.81. The van der Waals surface area contributed by atoms with Crippen LogP contribution in [-0.4, -0.2) is 5.78 Å². The van der Waals surface area contributed by atoms with E-state index in [4.69, 9.17) is 0 Å². The van der Waals surface area contributed by atoms with E-state index in [9.17, 15) is 4.79 Å². The fourth-order valence-corrected chi connectivity index (χ4v) is 1.59. The van der Waals surface area contributed by atoms with Gasteiger partial charge in [0.25, 0.3) is 0 Å². The minimum atomic E-state index is 0.0989. The number of hydrogen-bond acceptors (Lipinski definition) is 1. The maximum Gasteiger partial charge on any atom is 0.159 e.